The number of nitrogens with one attached hydrogen (secondary N) is 1. The van der Waals surface area contributed by atoms with Crippen LogP contribution in [0.5, 0.6) is 0 Å². The maximum absolute atomic E-state index is 12.6. The largest absolute Gasteiger partial charge is 0.364 e. The van der Waals surface area contributed by atoms with Crippen LogP contribution in [0, 0.1) is 6.92 Å². The number of carbonyl (C=O) groups is 2. The van der Waals surface area contributed by atoms with Gasteiger partial charge >= 0.3 is 0 Å². The Kier molecular flexibility index (Phi) is 2.90. The summed E-state index contributed by atoms with van der Waals surface area (Å²) < 4.78 is 7.37. The Hall–Kier alpha value is -2.41. The Morgan fingerprint density at radius 1 is 1.41 bits per heavy atom. The summed E-state index contributed by atoms with van der Waals surface area (Å²) in [4.78, 5) is 30.1. The first-order chi connectivity index (χ1) is 10.6. The summed E-state index contributed by atoms with van der Waals surface area (Å²) in [6, 6.07) is 5.64. The zero-order valence-electron chi connectivity index (χ0n) is 12.2. The number of aromatic nitrogens is 2. The maximum Gasteiger partial charge on any atom is 0.274 e. The van der Waals surface area contributed by atoms with Gasteiger partial charge in [0.25, 0.3) is 5.91 Å². The SMILES string of the molecule is Cc1cccc2nc(C(=O)N3C[C@@H]4NC(=O)CO[C@H]4C3)cn12. The number of nitrogens with zero attached hydrogens (tertiary/aromatic N) is 3. The number of ether oxygens (including phenoxy) is 1. The lowest BCUT2D eigenvalue weighted by atomic mass is 10.2. The molecule has 2 aromatic heterocycles. The second-order valence-electron chi connectivity index (χ2n) is 5.76. The van der Waals surface area contributed by atoms with E-state index in [1.807, 2.05) is 29.5 Å². The summed E-state index contributed by atoms with van der Waals surface area (Å²) >= 11 is 0. The van der Waals surface area contributed by atoms with Crippen molar-refractivity contribution in [2.45, 2.75) is 19.1 Å². The highest BCUT2D eigenvalue weighted by molar-refractivity contribution is 5.93. The molecule has 0 saturated carbocycles. The molecule has 2 amide bonds. The highest BCUT2D eigenvalue weighted by Gasteiger charge is 2.40. The van der Waals surface area contributed by atoms with Gasteiger partial charge in [-0.15, -0.1) is 0 Å². The second-order valence-corrected chi connectivity index (χ2v) is 5.76. The molecule has 4 heterocycles. The Bertz CT molecular complexity index is 769. The summed E-state index contributed by atoms with van der Waals surface area (Å²) in [5.41, 5.74) is 2.19. The number of hydrogen-bond donors (Lipinski definition) is 1. The van der Waals surface area contributed by atoms with Gasteiger partial charge in [-0.05, 0) is 19.1 Å². The molecule has 2 aliphatic heterocycles. The molecule has 22 heavy (non-hydrogen) atoms. The number of amides is 2. The van der Waals surface area contributed by atoms with Gasteiger partial charge in [0.05, 0.1) is 12.1 Å². The zero-order valence-corrected chi connectivity index (χ0v) is 12.2. The van der Waals surface area contributed by atoms with E-state index < -0.39 is 0 Å². The zero-order chi connectivity index (χ0) is 15.3. The first-order valence-electron chi connectivity index (χ1n) is 7.27. The number of fused-ring (bicyclic) bond motifs is 2. The van der Waals surface area contributed by atoms with Gasteiger partial charge in [-0.2, -0.15) is 0 Å². The van der Waals surface area contributed by atoms with Gasteiger partial charge in [0, 0.05) is 25.0 Å². The van der Waals surface area contributed by atoms with E-state index in [1.165, 1.54) is 0 Å². The first kappa shape index (κ1) is 13.3. The van der Waals surface area contributed by atoms with Crippen LogP contribution in [0.25, 0.3) is 5.65 Å². The third-order valence-electron chi connectivity index (χ3n) is 4.24. The molecule has 0 radical (unpaired) electrons. The third-order valence-corrected chi connectivity index (χ3v) is 4.24. The van der Waals surface area contributed by atoms with Crippen LogP contribution in [0.1, 0.15) is 16.2 Å². The molecular weight excluding hydrogens is 284 g/mol. The number of aryl methyl sites for hydroxylation is 1. The Morgan fingerprint density at radius 2 is 2.27 bits per heavy atom. The summed E-state index contributed by atoms with van der Waals surface area (Å²) in [6.07, 6.45) is 1.63. The topological polar surface area (TPSA) is 75.9 Å². The van der Waals surface area contributed by atoms with E-state index in [2.05, 4.69) is 10.3 Å². The minimum Gasteiger partial charge on any atom is -0.364 e. The smallest absolute Gasteiger partial charge is 0.274 e. The van der Waals surface area contributed by atoms with E-state index in [9.17, 15) is 9.59 Å². The predicted molar refractivity (Wildman–Crippen MR) is 77.5 cm³/mol. The minimum atomic E-state index is -0.129. The first-order valence-corrected chi connectivity index (χ1v) is 7.27. The van der Waals surface area contributed by atoms with Gasteiger partial charge in [-0.1, -0.05) is 6.07 Å². The molecule has 0 aromatic carbocycles. The monoisotopic (exact) mass is 300 g/mol. The third kappa shape index (κ3) is 2.05. The van der Waals surface area contributed by atoms with Crippen molar-refractivity contribution in [1.82, 2.24) is 19.6 Å². The van der Waals surface area contributed by atoms with Crippen LogP contribution in [0.3, 0.4) is 0 Å². The molecule has 2 atom stereocenters. The number of imidazole rings is 1. The van der Waals surface area contributed by atoms with Crippen LogP contribution in [0.15, 0.2) is 24.4 Å². The molecule has 4 rings (SSSR count). The van der Waals surface area contributed by atoms with Crippen LogP contribution < -0.4 is 5.32 Å². The van der Waals surface area contributed by atoms with Crippen molar-refractivity contribution in [3.8, 4) is 0 Å². The molecule has 2 saturated heterocycles. The molecule has 2 fully saturated rings. The van der Waals surface area contributed by atoms with Crippen LogP contribution in [-0.2, 0) is 9.53 Å². The molecule has 0 bridgehead atoms. The Morgan fingerprint density at radius 3 is 3.09 bits per heavy atom. The molecule has 2 aliphatic rings. The van der Waals surface area contributed by atoms with E-state index in [4.69, 9.17) is 4.74 Å². The Labute approximate surface area is 126 Å². The average Bonchev–Trinajstić information content (AvgIpc) is 3.10. The fourth-order valence-electron chi connectivity index (χ4n) is 3.09. The number of rotatable bonds is 1. The summed E-state index contributed by atoms with van der Waals surface area (Å²) in [5, 5.41) is 2.87. The molecule has 7 heteroatoms. The van der Waals surface area contributed by atoms with Crippen molar-refractivity contribution in [1.29, 1.82) is 0 Å². The summed E-state index contributed by atoms with van der Waals surface area (Å²) in [5.74, 6) is -0.255. The van der Waals surface area contributed by atoms with Crippen molar-refractivity contribution in [2.24, 2.45) is 0 Å². The van der Waals surface area contributed by atoms with Gasteiger partial charge < -0.3 is 19.4 Å². The van der Waals surface area contributed by atoms with Crippen LogP contribution >= 0.6 is 0 Å². The van der Waals surface area contributed by atoms with Crippen LogP contribution in [0.2, 0.25) is 0 Å². The van der Waals surface area contributed by atoms with Gasteiger partial charge in [-0.3, -0.25) is 9.59 Å². The number of pyridine rings is 1. The quantitative estimate of drug-likeness (QED) is 0.803. The lowest BCUT2D eigenvalue weighted by Crippen LogP contribution is -2.50. The number of likely N-dealkylation sites (tertiary alicyclic amines) is 1. The van der Waals surface area contributed by atoms with E-state index in [0.29, 0.717) is 18.8 Å². The normalized spacial score (nSPS) is 24.4. The lowest BCUT2D eigenvalue weighted by Gasteiger charge is -2.24. The molecule has 7 nitrogen and oxygen atoms in total. The minimum absolute atomic E-state index is 0.0662. The molecule has 1 N–H and O–H groups in total. The number of morpholine rings is 1. The Balaban J connectivity index is 1.59. The molecular formula is C15H16N4O3. The van der Waals surface area contributed by atoms with Gasteiger partial charge in [0.15, 0.2) is 0 Å². The number of hydrogen-bond acceptors (Lipinski definition) is 4. The van der Waals surface area contributed by atoms with Crippen molar-refractivity contribution in [3.63, 3.8) is 0 Å². The van der Waals surface area contributed by atoms with Gasteiger partial charge in [0.2, 0.25) is 5.91 Å². The fraction of sp³-hybridized carbons (Fsp3) is 0.400. The van der Waals surface area contributed by atoms with Crippen molar-refractivity contribution >= 4 is 17.5 Å². The maximum atomic E-state index is 12.6. The molecule has 2 aromatic rings. The van der Waals surface area contributed by atoms with Crippen molar-refractivity contribution in [2.75, 3.05) is 19.7 Å². The standard InChI is InChI=1S/C15H16N4O3/c1-9-3-2-4-13-16-11(6-19(9)13)15(21)18-5-10-12(7-18)22-8-14(20)17-10/h2-4,6,10,12H,5,7-8H2,1H3,(H,17,20)/t10-,12-/m0/s1. The summed E-state index contributed by atoms with van der Waals surface area (Å²) in [7, 11) is 0. The fourth-order valence-corrected chi connectivity index (χ4v) is 3.09. The molecule has 114 valence electrons. The molecule has 0 unspecified atom stereocenters. The molecule has 0 aliphatic carbocycles. The number of carbonyl (C=O) groups excluding carboxylic acids is 2. The lowest BCUT2D eigenvalue weighted by molar-refractivity contribution is -0.134. The molecule has 0 spiro atoms. The van der Waals surface area contributed by atoms with Gasteiger partial charge in [0.1, 0.15) is 17.9 Å². The average molecular weight is 300 g/mol. The van der Waals surface area contributed by atoms with Crippen LogP contribution in [0.4, 0.5) is 0 Å². The van der Waals surface area contributed by atoms with Crippen molar-refractivity contribution < 1.29 is 14.3 Å². The van der Waals surface area contributed by atoms with E-state index in [-0.39, 0.29) is 30.6 Å². The van der Waals surface area contributed by atoms with Crippen molar-refractivity contribution in [3.05, 3.63) is 35.8 Å². The van der Waals surface area contributed by atoms with E-state index in [0.717, 1.165) is 11.3 Å². The van der Waals surface area contributed by atoms with Crippen LogP contribution in [-0.4, -0.2) is 57.9 Å². The second kappa shape index (κ2) is 4.81. The highest BCUT2D eigenvalue weighted by atomic mass is 16.5. The highest BCUT2D eigenvalue weighted by Crippen LogP contribution is 2.19. The summed E-state index contributed by atoms with van der Waals surface area (Å²) in [6.45, 7) is 2.98. The van der Waals surface area contributed by atoms with Gasteiger partial charge in [-0.25, -0.2) is 4.98 Å². The van der Waals surface area contributed by atoms with E-state index >= 15 is 0 Å². The predicted octanol–water partition coefficient (Wildman–Crippen LogP) is -0.0179. The van der Waals surface area contributed by atoms with E-state index in [1.54, 1.807) is 11.1 Å².